The minimum atomic E-state index is -0.0818. The molecule has 16 heavy (non-hydrogen) atoms. The van der Waals surface area contributed by atoms with Gasteiger partial charge in [0.2, 0.25) is 5.91 Å². The molecule has 90 valence electrons. The molecular weight excluding hydrogens is 224 g/mol. The SMILES string of the molecule is CCCOCC(=O)NCc1ncc(CC)s1. The van der Waals surface area contributed by atoms with Crippen molar-refractivity contribution in [3.63, 3.8) is 0 Å². The van der Waals surface area contributed by atoms with Gasteiger partial charge in [0.05, 0.1) is 6.54 Å². The Morgan fingerprint density at radius 3 is 3.00 bits per heavy atom. The monoisotopic (exact) mass is 242 g/mol. The van der Waals surface area contributed by atoms with Crippen LogP contribution in [0, 0.1) is 0 Å². The standard InChI is InChI=1S/C11H18N2O2S/c1-3-5-15-8-10(14)12-7-11-13-6-9(4-2)16-11/h6H,3-5,7-8H2,1-2H3,(H,12,14). The highest BCUT2D eigenvalue weighted by Gasteiger charge is 2.04. The number of aromatic nitrogens is 1. The fourth-order valence-electron chi connectivity index (χ4n) is 1.13. The molecule has 0 aromatic carbocycles. The van der Waals surface area contributed by atoms with Gasteiger partial charge in [-0.15, -0.1) is 11.3 Å². The van der Waals surface area contributed by atoms with Crippen molar-refractivity contribution in [2.45, 2.75) is 33.2 Å². The summed E-state index contributed by atoms with van der Waals surface area (Å²) in [6, 6.07) is 0. The van der Waals surface area contributed by atoms with E-state index in [1.807, 2.05) is 13.1 Å². The lowest BCUT2D eigenvalue weighted by molar-refractivity contribution is -0.125. The van der Waals surface area contributed by atoms with Gasteiger partial charge in [-0.2, -0.15) is 0 Å². The number of aryl methyl sites for hydroxylation is 1. The van der Waals surface area contributed by atoms with Crippen molar-refractivity contribution >= 4 is 17.2 Å². The Labute approximate surface area is 100 Å². The lowest BCUT2D eigenvalue weighted by Gasteiger charge is -2.03. The first-order valence-corrected chi connectivity index (χ1v) is 6.36. The second-order valence-electron chi connectivity index (χ2n) is 3.40. The first-order chi connectivity index (χ1) is 7.76. The third-order valence-electron chi connectivity index (χ3n) is 1.97. The minimum Gasteiger partial charge on any atom is -0.372 e. The Morgan fingerprint density at radius 1 is 1.56 bits per heavy atom. The van der Waals surface area contributed by atoms with Gasteiger partial charge in [-0.1, -0.05) is 13.8 Å². The van der Waals surface area contributed by atoms with E-state index in [0.717, 1.165) is 17.8 Å². The zero-order valence-electron chi connectivity index (χ0n) is 9.78. The maximum absolute atomic E-state index is 11.3. The summed E-state index contributed by atoms with van der Waals surface area (Å²) in [6.45, 7) is 5.37. The second-order valence-corrected chi connectivity index (χ2v) is 4.60. The highest BCUT2D eigenvalue weighted by molar-refractivity contribution is 7.11. The summed E-state index contributed by atoms with van der Waals surface area (Å²) in [6.07, 6.45) is 3.78. The average molecular weight is 242 g/mol. The molecule has 0 spiro atoms. The number of thiazole rings is 1. The summed E-state index contributed by atoms with van der Waals surface area (Å²) in [5.74, 6) is -0.0818. The van der Waals surface area contributed by atoms with Gasteiger partial charge in [-0.25, -0.2) is 4.98 Å². The van der Waals surface area contributed by atoms with Crippen LogP contribution >= 0.6 is 11.3 Å². The number of hydrogen-bond donors (Lipinski definition) is 1. The summed E-state index contributed by atoms with van der Waals surface area (Å²) < 4.78 is 5.13. The molecule has 0 atom stereocenters. The highest BCUT2D eigenvalue weighted by atomic mass is 32.1. The molecule has 0 radical (unpaired) electrons. The Balaban J connectivity index is 2.20. The van der Waals surface area contributed by atoms with Gasteiger partial charge < -0.3 is 10.1 Å². The zero-order chi connectivity index (χ0) is 11.8. The Kier molecular flexibility index (Phi) is 6.03. The van der Waals surface area contributed by atoms with Crippen molar-refractivity contribution in [1.82, 2.24) is 10.3 Å². The molecule has 1 aromatic heterocycles. The van der Waals surface area contributed by atoms with Gasteiger partial charge >= 0.3 is 0 Å². The molecule has 1 rings (SSSR count). The average Bonchev–Trinajstić information content (AvgIpc) is 2.74. The van der Waals surface area contributed by atoms with Crippen LogP contribution in [0.1, 0.15) is 30.2 Å². The Bertz CT molecular complexity index is 326. The molecule has 0 aliphatic carbocycles. The summed E-state index contributed by atoms with van der Waals surface area (Å²) in [4.78, 5) is 16.8. The van der Waals surface area contributed by atoms with E-state index in [1.54, 1.807) is 11.3 Å². The number of carbonyl (C=O) groups excluding carboxylic acids is 1. The van der Waals surface area contributed by atoms with E-state index in [9.17, 15) is 4.79 Å². The number of hydrogen-bond acceptors (Lipinski definition) is 4. The number of amides is 1. The fourth-order valence-corrected chi connectivity index (χ4v) is 1.93. The Hall–Kier alpha value is -0.940. The number of nitrogens with zero attached hydrogens (tertiary/aromatic N) is 1. The van der Waals surface area contributed by atoms with Gasteiger partial charge in [0.15, 0.2) is 0 Å². The van der Waals surface area contributed by atoms with Gasteiger partial charge in [0.25, 0.3) is 0 Å². The predicted molar refractivity (Wildman–Crippen MR) is 64.4 cm³/mol. The van der Waals surface area contributed by atoms with Crippen LogP contribution in [0.4, 0.5) is 0 Å². The van der Waals surface area contributed by atoms with E-state index in [2.05, 4.69) is 17.2 Å². The molecule has 1 N–H and O–H groups in total. The van der Waals surface area contributed by atoms with E-state index in [4.69, 9.17) is 4.74 Å². The lowest BCUT2D eigenvalue weighted by Crippen LogP contribution is -2.27. The normalized spacial score (nSPS) is 10.4. The van der Waals surface area contributed by atoms with Crippen LogP contribution in [0.25, 0.3) is 0 Å². The largest absolute Gasteiger partial charge is 0.372 e. The van der Waals surface area contributed by atoms with Crippen LogP contribution in [-0.2, 0) is 22.5 Å². The summed E-state index contributed by atoms with van der Waals surface area (Å²) >= 11 is 1.64. The molecule has 1 heterocycles. The fraction of sp³-hybridized carbons (Fsp3) is 0.636. The van der Waals surface area contributed by atoms with Gasteiger partial charge in [0.1, 0.15) is 11.6 Å². The third kappa shape index (κ3) is 4.72. The van der Waals surface area contributed by atoms with Crippen LogP contribution in [0.3, 0.4) is 0 Å². The number of nitrogens with one attached hydrogen (secondary N) is 1. The quantitative estimate of drug-likeness (QED) is 0.741. The number of rotatable bonds is 7. The molecule has 1 amide bonds. The summed E-state index contributed by atoms with van der Waals surface area (Å²) in [7, 11) is 0. The van der Waals surface area contributed by atoms with Gasteiger partial charge in [-0.3, -0.25) is 4.79 Å². The van der Waals surface area contributed by atoms with E-state index in [0.29, 0.717) is 13.2 Å². The van der Waals surface area contributed by atoms with E-state index in [-0.39, 0.29) is 12.5 Å². The maximum atomic E-state index is 11.3. The van der Waals surface area contributed by atoms with Crippen LogP contribution in [0.2, 0.25) is 0 Å². The molecule has 4 nitrogen and oxygen atoms in total. The maximum Gasteiger partial charge on any atom is 0.246 e. The molecule has 0 aliphatic rings. The minimum absolute atomic E-state index is 0.0818. The molecule has 0 saturated carbocycles. The molecule has 1 aromatic rings. The van der Waals surface area contributed by atoms with Crippen LogP contribution in [-0.4, -0.2) is 24.1 Å². The zero-order valence-corrected chi connectivity index (χ0v) is 10.6. The molecule has 0 saturated heterocycles. The number of ether oxygens (including phenoxy) is 1. The highest BCUT2D eigenvalue weighted by Crippen LogP contribution is 2.12. The van der Waals surface area contributed by atoms with Crippen molar-refractivity contribution in [1.29, 1.82) is 0 Å². The summed E-state index contributed by atoms with van der Waals surface area (Å²) in [5, 5.41) is 3.72. The van der Waals surface area contributed by atoms with Crippen LogP contribution in [0.5, 0.6) is 0 Å². The lowest BCUT2D eigenvalue weighted by atomic mass is 10.4. The van der Waals surface area contributed by atoms with Crippen molar-refractivity contribution in [2.24, 2.45) is 0 Å². The van der Waals surface area contributed by atoms with E-state index >= 15 is 0 Å². The van der Waals surface area contributed by atoms with Gasteiger partial charge in [-0.05, 0) is 12.8 Å². The van der Waals surface area contributed by atoms with Gasteiger partial charge in [0, 0.05) is 17.7 Å². The van der Waals surface area contributed by atoms with Crippen LogP contribution < -0.4 is 5.32 Å². The van der Waals surface area contributed by atoms with Crippen molar-refractivity contribution in [3.8, 4) is 0 Å². The molecule has 0 bridgehead atoms. The molecule has 5 heteroatoms. The second kappa shape index (κ2) is 7.35. The smallest absolute Gasteiger partial charge is 0.246 e. The molecule has 0 fully saturated rings. The molecular formula is C11H18N2O2S. The summed E-state index contributed by atoms with van der Waals surface area (Å²) in [5.41, 5.74) is 0. The Morgan fingerprint density at radius 2 is 2.38 bits per heavy atom. The topological polar surface area (TPSA) is 51.2 Å². The molecule has 0 aliphatic heterocycles. The van der Waals surface area contributed by atoms with Crippen molar-refractivity contribution in [3.05, 3.63) is 16.1 Å². The first-order valence-electron chi connectivity index (χ1n) is 5.54. The molecule has 0 unspecified atom stereocenters. The predicted octanol–water partition coefficient (Wildman–Crippen LogP) is 1.75. The van der Waals surface area contributed by atoms with E-state index in [1.165, 1.54) is 4.88 Å². The number of carbonyl (C=O) groups is 1. The van der Waals surface area contributed by atoms with Crippen molar-refractivity contribution < 1.29 is 9.53 Å². The third-order valence-corrected chi connectivity index (χ3v) is 3.11. The first kappa shape index (κ1) is 13.1. The van der Waals surface area contributed by atoms with E-state index < -0.39 is 0 Å². The van der Waals surface area contributed by atoms with Crippen LogP contribution in [0.15, 0.2) is 6.20 Å². The van der Waals surface area contributed by atoms with Crippen molar-refractivity contribution in [2.75, 3.05) is 13.2 Å².